The third-order valence-corrected chi connectivity index (χ3v) is 3.86. The van der Waals surface area contributed by atoms with Crippen molar-refractivity contribution in [3.05, 3.63) is 33.4 Å². The van der Waals surface area contributed by atoms with Gasteiger partial charge in [0.2, 0.25) is 5.91 Å². The molecule has 0 aliphatic carbocycles. The Morgan fingerprint density at radius 1 is 1.27 bits per heavy atom. The molecule has 0 bridgehead atoms. The van der Waals surface area contributed by atoms with Crippen LogP contribution in [0.4, 0.5) is 11.4 Å². The zero-order valence-electron chi connectivity index (χ0n) is 11.6. The lowest BCUT2D eigenvalue weighted by atomic mass is 10.1. The van der Waals surface area contributed by atoms with Crippen molar-refractivity contribution in [2.75, 3.05) is 16.8 Å². The summed E-state index contributed by atoms with van der Waals surface area (Å²) in [6, 6.07) is 8.70. The van der Waals surface area contributed by atoms with Gasteiger partial charge in [-0.2, -0.15) is 15.8 Å². The zero-order valence-corrected chi connectivity index (χ0v) is 13.2. The van der Waals surface area contributed by atoms with E-state index in [0.717, 1.165) is 11.3 Å². The second-order valence-electron chi connectivity index (χ2n) is 4.60. The lowest BCUT2D eigenvalue weighted by Crippen LogP contribution is -2.26. The molecule has 1 aliphatic heterocycles. The minimum Gasteiger partial charge on any atom is -0.345 e. The number of rotatable bonds is 2. The molecule has 0 unspecified atom stereocenters. The van der Waals surface area contributed by atoms with Gasteiger partial charge in [-0.05, 0) is 40.0 Å². The standard InChI is InChI=1S/C15H10BrN5O/c1-9(22)21-3-2-10-4-12(5-13(16)15(10)21)20-14(8-19)11(6-17)7-18/h4-5,20H,2-3H2,1H3. The number of hydrogen-bond acceptors (Lipinski definition) is 5. The van der Waals surface area contributed by atoms with Gasteiger partial charge < -0.3 is 10.2 Å². The fourth-order valence-electron chi connectivity index (χ4n) is 2.31. The number of carbonyl (C=O) groups is 1. The molecule has 0 radical (unpaired) electrons. The van der Waals surface area contributed by atoms with Crippen LogP contribution in [0.5, 0.6) is 0 Å². The Labute approximate surface area is 136 Å². The number of carbonyl (C=O) groups excluding carboxylic acids is 1. The number of hydrogen-bond donors (Lipinski definition) is 1. The molecule has 1 amide bonds. The molecular formula is C15H10BrN5O. The SMILES string of the molecule is CC(=O)N1CCc2cc(NC(C#N)=C(C#N)C#N)cc(Br)c21. The van der Waals surface area contributed by atoms with Gasteiger partial charge in [-0.25, -0.2) is 0 Å². The first-order valence-electron chi connectivity index (χ1n) is 6.34. The predicted octanol–water partition coefficient (Wildman–Crippen LogP) is 2.59. The molecule has 0 spiro atoms. The predicted molar refractivity (Wildman–Crippen MR) is 83.4 cm³/mol. The number of amides is 1. The van der Waals surface area contributed by atoms with E-state index in [1.165, 1.54) is 6.92 Å². The Hall–Kier alpha value is -2.82. The van der Waals surface area contributed by atoms with Crippen LogP contribution in [0.25, 0.3) is 0 Å². The minimum atomic E-state index is -0.274. The van der Waals surface area contributed by atoms with Crippen molar-refractivity contribution >= 4 is 33.2 Å². The van der Waals surface area contributed by atoms with Gasteiger partial charge in [0, 0.05) is 23.6 Å². The molecule has 22 heavy (non-hydrogen) atoms. The van der Waals surface area contributed by atoms with E-state index in [1.54, 1.807) is 23.1 Å². The van der Waals surface area contributed by atoms with E-state index in [0.29, 0.717) is 23.1 Å². The van der Waals surface area contributed by atoms with Crippen LogP contribution in [0.15, 0.2) is 27.9 Å². The van der Waals surface area contributed by atoms with Crippen molar-refractivity contribution in [1.29, 1.82) is 15.8 Å². The summed E-state index contributed by atoms with van der Waals surface area (Å²) in [4.78, 5) is 13.3. The summed E-state index contributed by atoms with van der Waals surface area (Å²) in [7, 11) is 0. The van der Waals surface area contributed by atoms with E-state index in [-0.39, 0.29) is 17.2 Å². The summed E-state index contributed by atoms with van der Waals surface area (Å²) >= 11 is 3.43. The van der Waals surface area contributed by atoms with Crippen molar-refractivity contribution in [3.63, 3.8) is 0 Å². The summed E-state index contributed by atoms with van der Waals surface area (Å²) in [6.07, 6.45) is 0.706. The Morgan fingerprint density at radius 2 is 1.95 bits per heavy atom. The average Bonchev–Trinajstić information content (AvgIpc) is 2.92. The summed E-state index contributed by atoms with van der Waals surface area (Å²) < 4.78 is 0.716. The normalized spacial score (nSPS) is 11.7. The van der Waals surface area contributed by atoms with Gasteiger partial charge in [0.15, 0.2) is 5.57 Å². The molecule has 0 aromatic heterocycles. The van der Waals surface area contributed by atoms with Crippen LogP contribution in [-0.2, 0) is 11.2 Å². The van der Waals surface area contributed by atoms with Crippen molar-refractivity contribution < 1.29 is 4.79 Å². The summed E-state index contributed by atoms with van der Waals surface area (Å²) in [5.74, 6) is -0.0333. The van der Waals surface area contributed by atoms with Crippen molar-refractivity contribution in [1.82, 2.24) is 0 Å². The van der Waals surface area contributed by atoms with Gasteiger partial charge in [0.25, 0.3) is 0 Å². The Kier molecular flexibility index (Phi) is 4.46. The Bertz CT molecular complexity index is 791. The number of nitrogens with one attached hydrogen (secondary N) is 1. The van der Waals surface area contributed by atoms with Crippen LogP contribution in [-0.4, -0.2) is 12.5 Å². The molecule has 6 nitrogen and oxygen atoms in total. The van der Waals surface area contributed by atoms with E-state index in [9.17, 15) is 4.79 Å². The molecule has 1 aliphatic rings. The maximum absolute atomic E-state index is 11.6. The topological polar surface area (TPSA) is 104 Å². The second-order valence-corrected chi connectivity index (χ2v) is 5.45. The number of nitriles is 3. The number of nitrogens with zero attached hydrogens (tertiary/aromatic N) is 4. The Balaban J connectivity index is 2.43. The van der Waals surface area contributed by atoms with Crippen LogP contribution in [0.3, 0.4) is 0 Å². The van der Waals surface area contributed by atoms with E-state index in [2.05, 4.69) is 21.2 Å². The fourth-order valence-corrected chi connectivity index (χ4v) is 3.02. The number of halogens is 1. The molecule has 1 N–H and O–H groups in total. The molecule has 7 heteroatoms. The van der Waals surface area contributed by atoms with Crippen LogP contribution < -0.4 is 10.2 Å². The van der Waals surface area contributed by atoms with Crippen molar-refractivity contribution in [2.24, 2.45) is 0 Å². The molecule has 1 aromatic rings. The van der Waals surface area contributed by atoms with Crippen LogP contribution in [0.1, 0.15) is 12.5 Å². The molecule has 0 atom stereocenters. The molecule has 0 fully saturated rings. The van der Waals surface area contributed by atoms with Crippen LogP contribution >= 0.6 is 15.9 Å². The second kappa shape index (κ2) is 6.30. The zero-order chi connectivity index (χ0) is 16.3. The van der Waals surface area contributed by atoms with E-state index in [4.69, 9.17) is 15.8 Å². The van der Waals surface area contributed by atoms with Gasteiger partial charge in [0.05, 0.1) is 5.69 Å². The maximum Gasteiger partial charge on any atom is 0.223 e. The first kappa shape index (κ1) is 15.6. The smallest absolute Gasteiger partial charge is 0.223 e. The minimum absolute atomic E-state index is 0.0333. The number of benzene rings is 1. The third-order valence-electron chi connectivity index (χ3n) is 3.25. The summed E-state index contributed by atoms with van der Waals surface area (Å²) in [5, 5.41) is 29.5. The van der Waals surface area contributed by atoms with Crippen LogP contribution in [0, 0.1) is 34.0 Å². The van der Waals surface area contributed by atoms with E-state index < -0.39 is 0 Å². The molecule has 0 saturated heterocycles. The molecule has 1 heterocycles. The lowest BCUT2D eigenvalue weighted by molar-refractivity contribution is -0.116. The van der Waals surface area contributed by atoms with E-state index in [1.807, 2.05) is 12.1 Å². The summed E-state index contributed by atoms with van der Waals surface area (Å²) in [5.41, 5.74) is 1.99. The number of allylic oxidation sites excluding steroid dienone is 2. The van der Waals surface area contributed by atoms with Gasteiger partial charge in [-0.3, -0.25) is 4.79 Å². The van der Waals surface area contributed by atoms with Gasteiger partial charge in [0.1, 0.15) is 23.9 Å². The first-order chi connectivity index (χ1) is 10.5. The molecular weight excluding hydrogens is 346 g/mol. The van der Waals surface area contributed by atoms with Crippen molar-refractivity contribution in [3.8, 4) is 18.2 Å². The molecule has 108 valence electrons. The van der Waals surface area contributed by atoms with Gasteiger partial charge >= 0.3 is 0 Å². The lowest BCUT2D eigenvalue weighted by Gasteiger charge is -2.17. The molecule has 1 aromatic carbocycles. The highest BCUT2D eigenvalue weighted by molar-refractivity contribution is 9.10. The fraction of sp³-hybridized carbons (Fsp3) is 0.200. The maximum atomic E-state index is 11.6. The third kappa shape index (κ3) is 2.79. The van der Waals surface area contributed by atoms with Gasteiger partial charge in [-0.15, -0.1) is 0 Å². The highest BCUT2D eigenvalue weighted by Gasteiger charge is 2.25. The average molecular weight is 356 g/mol. The molecule has 2 rings (SSSR count). The van der Waals surface area contributed by atoms with E-state index >= 15 is 0 Å². The molecule has 0 saturated carbocycles. The number of anilines is 2. The monoisotopic (exact) mass is 355 g/mol. The quantitative estimate of drug-likeness (QED) is 0.821. The highest BCUT2D eigenvalue weighted by Crippen LogP contribution is 2.38. The van der Waals surface area contributed by atoms with Crippen LogP contribution in [0.2, 0.25) is 0 Å². The van der Waals surface area contributed by atoms with Gasteiger partial charge in [-0.1, -0.05) is 0 Å². The first-order valence-corrected chi connectivity index (χ1v) is 7.13. The Morgan fingerprint density at radius 3 is 2.50 bits per heavy atom. The largest absolute Gasteiger partial charge is 0.345 e. The van der Waals surface area contributed by atoms with Crippen molar-refractivity contribution in [2.45, 2.75) is 13.3 Å². The number of fused-ring (bicyclic) bond motifs is 1. The highest BCUT2D eigenvalue weighted by atomic mass is 79.9. The summed E-state index contributed by atoms with van der Waals surface area (Å²) in [6.45, 7) is 2.12.